The smallest absolute Gasteiger partial charge is 0.125 e. The van der Waals surface area contributed by atoms with Gasteiger partial charge in [-0.05, 0) is 25.0 Å². The van der Waals surface area contributed by atoms with E-state index in [0.717, 1.165) is 24.2 Å². The maximum atomic E-state index is 9.64. The summed E-state index contributed by atoms with van der Waals surface area (Å²) in [5, 5.41) is 9.64. The molecule has 1 aromatic rings. The van der Waals surface area contributed by atoms with Crippen LogP contribution in [0.1, 0.15) is 31.7 Å². The Labute approximate surface area is 85.5 Å². The van der Waals surface area contributed by atoms with E-state index in [1.165, 1.54) is 12.8 Å². The SMILES string of the molecule is CCCCCc1c(O)cccc1OC. The second kappa shape index (κ2) is 5.53. The quantitative estimate of drug-likeness (QED) is 0.730. The number of phenols is 1. The lowest BCUT2D eigenvalue weighted by Crippen LogP contribution is -1.92. The van der Waals surface area contributed by atoms with Crippen LogP contribution in [0.3, 0.4) is 0 Å². The van der Waals surface area contributed by atoms with Crippen molar-refractivity contribution in [2.24, 2.45) is 0 Å². The highest BCUT2D eigenvalue weighted by Crippen LogP contribution is 2.28. The van der Waals surface area contributed by atoms with E-state index in [-0.39, 0.29) is 0 Å². The van der Waals surface area contributed by atoms with E-state index >= 15 is 0 Å². The molecule has 2 heteroatoms. The number of methoxy groups -OCH3 is 1. The van der Waals surface area contributed by atoms with Gasteiger partial charge in [-0.25, -0.2) is 0 Å². The lowest BCUT2D eigenvalue weighted by atomic mass is 10.1. The molecular weight excluding hydrogens is 176 g/mol. The van der Waals surface area contributed by atoms with E-state index in [1.807, 2.05) is 6.07 Å². The van der Waals surface area contributed by atoms with E-state index in [1.54, 1.807) is 19.2 Å². The molecule has 1 aromatic carbocycles. The molecule has 0 heterocycles. The van der Waals surface area contributed by atoms with Crippen LogP contribution in [-0.4, -0.2) is 12.2 Å². The number of rotatable bonds is 5. The van der Waals surface area contributed by atoms with Gasteiger partial charge < -0.3 is 9.84 Å². The molecule has 0 atom stereocenters. The first-order valence-electron chi connectivity index (χ1n) is 5.14. The number of aromatic hydroxyl groups is 1. The fourth-order valence-electron chi connectivity index (χ4n) is 1.55. The Bertz CT molecular complexity index is 282. The van der Waals surface area contributed by atoms with Crippen molar-refractivity contribution in [3.63, 3.8) is 0 Å². The molecule has 1 N–H and O–H groups in total. The summed E-state index contributed by atoms with van der Waals surface area (Å²) in [5.41, 5.74) is 0.934. The highest BCUT2D eigenvalue weighted by atomic mass is 16.5. The predicted molar refractivity (Wildman–Crippen MR) is 57.9 cm³/mol. The lowest BCUT2D eigenvalue weighted by Gasteiger charge is -2.09. The molecule has 0 spiro atoms. The third-order valence-corrected chi connectivity index (χ3v) is 2.36. The molecule has 0 aliphatic rings. The molecule has 0 bridgehead atoms. The van der Waals surface area contributed by atoms with Crippen molar-refractivity contribution in [2.75, 3.05) is 7.11 Å². The van der Waals surface area contributed by atoms with E-state index in [0.29, 0.717) is 5.75 Å². The van der Waals surface area contributed by atoms with Gasteiger partial charge in [0.05, 0.1) is 7.11 Å². The zero-order valence-electron chi connectivity index (χ0n) is 8.92. The second-order valence-corrected chi connectivity index (χ2v) is 3.42. The lowest BCUT2D eigenvalue weighted by molar-refractivity contribution is 0.398. The Morgan fingerprint density at radius 3 is 2.71 bits per heavy atom. The highest BCUT2D eigenvalue weighted by molar-refractivity contribution is 5.43. The third-order valence-electron chi connectivity index (χ3n) is 2.36. The number of hydrogen-bond acceptors (Lipinski definition) is 2. The monoisotopic (exact) mass is 194 g/mol. The largest absolute Gasteiger partial charge is 0.508 e. The van der Waals surface area contributed by atoms with Crippen LogP contribution >= 0.6 is 0 Å². The summed E-state index contributed by atoms with van der Waals surface area (Å²) in [6.07, 6.45) is 4.38. The van der Waals surface area contributed by atoms with Crippen LogP contribution in [-0.2, 0) is 6.42 Å². The predicted octanol–water partition coefficient (Wildman–Crippen LogP) is 3.13. The van der Waals surface area contributed by atoms with Gasteiger partial charge in [-0.2, -0.15) is 0 Å². The van der Waals surface area contributed by atoms with E-state index < -0.39 is 0 Å². The Morgan fingerprint density at radius 2 is 2.07 bits per heavy atom. The molecule has 0 unspecified atom stereocenters. The van der Waals surface area contributed by atoms with Crippen LogP contribution in [0.4, 0.5) is 0 Å². The molecule has 0 aliphatic carbocycles. The van der Waals surface area contributed by atoms with Crippen LogP contribution in [0.5, 0.6) is 11.5 Å². The first kappa shape index (κ1) is 10.9. The summed E-state index contributed by atoms with van der Waals surface area (Å²) in [4.78, 5) is 0. The fourth-order valence-corrected chi connectivity index (χ4v) is 1.55. The highest BCUT2D eigenvalue weighted by Gasteiger charge is 2.06. The molecule has 0 amide bonds. The van der Waals surface area contributed by atoms with Gasteiger partial charge in [0.2, 0.25) is 0 Å². The summed E-state index contributed by atoms with van der Waals surface area (Å²) in [6, 6.07) is 5.41. The van der Waals surface area contributed by atoms with Gasteiger partial charge in [0.15, 0.2) is 0 Å². The van der Waals surface area contributed by atoms with Crippen LogP contribution in [0, 0.1) is 0 Å². The number of unbranched alkanes of at least 4 members (excludes halogenated alkanes) is 2. The molecule has 2 nitrogen and oxygen atoms in total. The average Bonchev–Trinajstić information content (AvgIpc) is 2.20. The Kier molecular flexibility index (Phi) is 4.30. The van der Waals surface area contributed by atoms with Crippen molar-refractivity contribution in [1.82, 2.24) is 0 Å². The van der Waals surface area contributed by atoms with Crippen molar-refractivity contribution in [1.29, 1.82) is 0 Å². The minimum Gasteiger partial charge on any atom is -0.508 e. The molecule has 78 valence electrons. The molecule has 0 aliphatic heterocycles. The van der Waals surface area contributed by atoms with E-state index in [4.69, 9.17) is 4.74 Å². The number of benzene rings is 1. The summed E-state index contributed by atoms with van der Waals surface area (Å²) >= 11 is 0. The topological polar surface area (TPSA) is 29.5 Å². The van der Waals surface area contributed by atoms with Gasteiger partial charge in [-0.3, -0.25) is 0 Å². The zero-order chi connectivity index (χ0) is 10.4. The van der Waals surface area contributed by atoms with Crippen molar-refractivity contribution in [2.45, 2.75) is 32.6 Å². The maximum Gasteiger partial charge on any atom is 0.125 e. The Hall–Kier alpha value is -1.18. The molecule has 0 saturated heterocycles. The third kappa shape index (κ3) is 2.66. The second-order valence-electron chi connectivity index (χ2n) is 3.42. The standard InChI is InChI=1S/C12H18O2/c1-3-4-5-7-10-11(13)8-6-9-12(10)14-2/h6,8-9,13H,3-5,7H2,1-2H3. The van der Waals surface area contributed by atoms with Crippen LogP contribution in [0.25, 0.3) is 0 Å². The average molecular weight is 194 g/mol. The molecule has 0 fully saturated rings. The summed E-state index contributed by atoms with van der Waals surface area (Å²) in [6.45, 7) is 2.17. The number of ether oxygens (including phenoxy) is 1. The number of phenolic OH excluding ortho intramolecular Hbond substituents is 1. The summed E-state index contributed by atoms with van der Waals surface area (Å²) in [7, 11) is 1.64. The molecule has 0 aromatic heterocycles. The van der Waals surface area contributed by atoms with Crippen LogP contribution in [0.15, 0.2) is 18.2 Å². The molecular formula is C12H18O2. The van der Waals surface area contributed by atoms with Crippen molar-refractivity contribution in [3.8, 4) is 11.5 Å². The van der Waals surface area contributed by atoms with Gasteiger partial charge in [-0.15, -0.1) is 0 Å². The first-order valence-corrected chi connectivity index (χ1v) is 5.14. The van der Waals surface area contributed by atoms with Crippen LogP contribution in [0.2, 0.25) is 0 Å². The van der Waals surface area contributed by atoms with Crippen molar-refractivity contribution < 1.29 is 9.84 Å². The molecule has 14 heavy (non-hydrogen) atoms. The van der Waals surface area contributed by atoms with Crippen molar-refractivity contribution >= 4 is 0 Å². The summed E-state index contributed by atoms with van der Waals surface area (Å²) in [5.74, 6) is 1.14. The Balaban J connectivity index is 2.72. The van der Waals surface area contributed by atoms with Gasteiger partial charge in [0, 0.05) is 5.56 Å². The van der Waals surface area contributed by atoms with Gasteiger partial charge >= 0.3 is 0 Å². The molecule has 0 radical (unpaired) electrons. The first-order chi connectivity index (χ1) is 6.79. The molecule has 1 rings (SSSR count). The summed E-state index contributed by atoms with van der Waals surface area (Å²) < 4.78 is 5.20. The van der Waals surface area contributed by atoms with Gasteiger partial charge in [-0.1, -0.05) is 25.8 Å². The Morgan fingerprint density at radius 1 is 1.29 bits per heavy atom. The van der Waals surface area contributed by atoms with Crippen molar-refractivity contribution in [3.05, 3.63) is 23.8 Å². The van der Waals surface area contributed by atoms with Gasteiger partial charge in [0.25, 0.3) is 0 Å². The minimum atomic E-state index is 0.348. The van der Waals surface area contributed by atoms with E-state index in [9.17, 15) is 5.11 Å². The molecule has 0 saturated carbocycles. The number of hydrogen-bond donors (Lipinski definition) is 1. The fraction of sp³-hybridized carbons (Fsp3) is 0.500. The minimum absolute atomic E-state index is 0.348. The zero-order valence-corrected chi connectivity index (χ0v) is 8.92. The van der Waals surface area contributed by atoms with Crippen LogP contribution < -0.4 is 4.74 Å². The van der Waals surface area contributed by atoms with E-state index in [2.05, 4.69) is 6.92 Å². The maximum absolute atomic E-state index is 9.64. The normalized spacial score (nSPS) is 10.1. The van der Waals surface area contributed by atoms with Gasteiger partial charge in [0.1, 0.15) is 11.5 Å².